The quantitative estimate of drug-likeness (QED) is 0.699. The van der Waals surface area contributed by atoms with Gasteiger partial charge in [0, 0.05) is 16.4 Å². The van der Waals surface area contributed by atoms with Crippen LogP contribution in [0.1, 0.15) is 15.9 Å². The molecular weight excluding hydrogens is 417 g/mol. The molecule has 3 nitrogen and oxygen atoms in total. The molecule has 110 valence electrons. The summed E-state index contributed by atoms with van der Waals surface area (Å²) >= 11 is 5.97. The lowest BCUT2D eigenvalue weighted by atomic mass is 10.2. The van der Waals surface area contributed by atoms with Crippen molar-refractivity contribution in [2.75, 3.05) is 5.32 Å². The molecule has 0 saturated heterocycles. The van der Waals surface area contributed by atoms with E-state index < -0.39 is 17.6 Å². The molecule has 8 heteroatoms. The molecule has 2 rings (SSSR count). The topological polar surface area (TPSA) is 42.0 Å². The maximum absolute atomic E-state index is 12.8. The fraction of sp³-hybridized carbons (Fsp3) is 0.0769. The van der Waals surface area contributed by atoms with E-state index in [4.69, 9.17) is 0 Å². The Morgan fingerprint density at radius 1 is 1.14 bits per heavy atom. The van der Waals surface area contributed by atoms with Crippen LogP contribution in [0, 0.1) is 0 Å². The van der Waals surface area contributed by atoms with Gasteiger partial charge in [0.15, 0.2) is 0 Å². The highest BCUT2D eigenvalue weighted by molar-refractivity contribution is 9.10. The molecule has 0 spiro atoms. The van der Waals surface area contributed by atoms with E-state index in [0.717, 1.165) is 6.07 Å². The SMILES string of the molecule is O=C(Nc1ccc(Br)c(C(F)(F)F)c1)c1ccc(Br)nc1. The normalized spacial score (nSPS) is 11.3. The van der Waals surface area contributed by atoms with Gasteiger partial charge in [0.05, 0.1) is 11.1 Å². The molecule has 1 N–H and O–H groups in total. The second kappa shape index (κ2) is 6.15. The van der Waals surface area contributed by atoms with Crippen molar-refractivity contribution in [1.82, 2.24) is 4.98 Å². The van der Waals surface area contributed by atoms with Crippen molar-refractivity contribution in [2.24, 2.45) is 0 Å². The van der Waals surface area contributed by atoms with Crippen LogP contribution in [-0.2, 0) is 6.18 Å². The monoisotopic (exact) mass is 422 g/mol. The summed E-state index contributed by atoms with van der Waals surface area (Å²) in [5, 5.41) is 2.40. The lowest BCUT2D eigenvalue weighted by Crippen LogP contribution is -2.13. The Kier molecular flexibility index (Phi) is 4.67. The lowest BCUT2D eigenvalue weighted by molar-refractivity contribution is -0.138. The number of hydrogen-bond donors (Lipinski definition) is 1. The highest BCUT2D eigenvalue weighted by Crippen LogP contribution is 2.36. The van der Waals surface area contributed by atoms with Crippen molar-refractivity contribution in [1.29, 1.82) is 0 Å². The Balaban J connectivity index is 2.24. The first-order valence-electron chi connectivity index (χ1n) is 5.57. The Morgan fingerprint density at radius 3 is 2.43 bits per heavy atom. The van der Waals surface area contributed by atoms with Crippen LogP contribution in [0.25, 0.3) is 0 Å². The van der Waals surface area contributed by atoms with Gasteiger partial charge in [-0.1, -0.05) is 15.9 Å². The number of rotatable bonds is 2. The minimum atomic E-state index is -4.50. The first kappa shape index (κ1) is 16.0. The summed E-state index contributed by atoms with van der Waals surface area (Å²) in [5.41, 5.74) is -0.553. The Hall–Kier alpha value is -1.41. The number of amides is 1. The zero-order chi connectivity index (χ0) is 15.6. The van der Waals surface area contributed by atoms with Crippen molar-refractivity contribution in [3.05, 3.63) is 56.7 Å². The van der Waals surface area contributed by atoms with E-state index in [9.17, 15) is 18.0 Å². The number of benzene rings is 1. The summed E-state index contributed by atoms with van der Waals surface area (Å²) in [6.45, 7) is 0. The summed E-state index contributed by atoms with van der Waals surface area (Å²) in [5.74, 6) is -0.537. The van der Waals surface area contributed by atoms with Gasteiger partial charge >= 0.3 is 6.18 Å². The summed E-state index contributed by atoms with van der Waals surface area (Å²) in [7, 11) is 0. The van der Waals surface area contributed by atoms with Crippen molar-refractivity contribution < 1.29 is 18.0 Å². The molecule has 1 amide bonds. The first-order valence-corrected chi connectivity index (χ1v) is 7.15. The van der Waals surface area contributed by atoms with Gasteiger partial charge in [0.25, 0.3) is 5.91 Å². The summed E-state index contributed by atoms with van der Waals surface area (Å²) in [4.78, 5) is 15.8. The number of carbonyl (C=O) groups excluding carboxylic acids is 1. The van der Waals surface area contributed by atoms with Gasteiger partial charge in [-0.2, -0.15) is 13.2 Å². The van der Waals surface area contributed by atoms with Crippen LogP contribution in [0.4, 0.5) is 18.9 Å². The van der Waals surface area contributed by atoms with Crippen molar-refractivity contribution in [3.63, 3.8) is 0 Å². The molecule has 0 saturated carbocycles. The Labute approximate surface area is 134 Å². The van der Waals surface area contributed by atoms with E-state index in [-0.39, 0.29) is 15.7 Å². The molecule has 0 aliphatic heterocycles. The molecular formula is C13H7Br2F3N2O. The maximum atomic E-state index is 12.8. The highest BCUT2D eigenvalue weighted by atomic mass is 79.9. The number of aromatic nitrogens is 1. The van der Waals surface area contributed by atoms with E-state index in [1.807, 2.05) is 0 Å². The van der Waals surface area contributed by atoms with E-state index in [1.54, 1.807) is 6.07 Å². The molecule has 0 fully saturated rings. The summed E-state index contributed by atoms with van der Waals surface area (Å²) < 4.78 is 38.8. The fourth-order valence-corrected chi connectivity index (χ4v) is 2.24. The molecule has 1 heterocycles. The number of hydrogen-bond acceptors (Lipinski definition) is 2. The van der Waals surface area contributed by atoms with Gasteiger partial charge in [-0.15, -0.1) is 0 Å². The maximum Gasteiger partial charge on any atom is 0.417 e. The number of nitrogens with one attached hydrogen (secondary N) is 1. The Morgan fingerprint density at radius 2 is 1.86 bits per heavy atom. The van der Waals surface area contributed by atoms with Crippen molar-refractivity contribution >= 4 is 43.5 Å². The molecule has 0 radical (unpaired) electrons. The van der Waals surface area contributed by atoms with Gasteiger partial charge in [-0.25, -0.2) is 4.98 Å². The fourth-order valence-electron chi connectivity index (χ4n) is 1.53. The second-order valence-electron chi connectivity index (χ2n) is 4.02. The van der Waals surface area contributed by atoms with Crippen LogP contribution in [-0.4, -0.2) is 10.9 Å². The van der Waals surface area contributed by atoms with Crippen LogP contribution in [0.5, 0.6) is 0 Å². The second-order valence-corrected chi connectivity index (χ2v) is 5.68. The van der Waals surface area contributed by atoms with E-state index in [1.165, 1.54) is 24.4 Å². The molecule has 21 heavy (non-hydrogen) atoms. The number of pyridine rings is 1. The van der Waals surface area contributed by atoms with Gasteiger partial charge in [-0.05, 0) is 46.3 Å². The molecule has 0 unspecified atom stereocenters. The van der Waals surface area contributed by atoms with Crippen molar-refractivity contribution in [3.8, 4) is 0 Å². The first-order chi connectivity index (χ1) is 9.77. The number of carbonyl (C=O) groups is 1. The zero-order valence-electron chi connectivity index (χ0n) is 10.2. The number of halogens is 5. The smallest absolute Gasteiger partial charge is 0.322 e. The Bertz CT molecular complexity index is 672. The predicted molar refractivity (Wildman–Crippen MR) is 79.0 cm³/mol. The highest BCUT2D eigenvalue weighted by Gasteiger charge is 2.33. The average Bonchev–Trinajstić information content (AvgIpc) is 2.40. The number of alkyl halides is 3. The van der Waals surface area contributed by atoms with Gasteiger partial charge in [-0.3, -0.25) is 4.79 Å². The number of nitrogens with zero attached hydrogens (tertiary/aromatic N) is 1. The van der Waals surface area contributed by atoms with Crippen LogP contribution < -0.4 is 5.32 Å². The van der Waals surface area contributed by atoms with Crippen LogP contribution in [0.15, 0.2) is 45.6 Å². The van der Waals surface area contributed by atoms with Crippen LogP contribution in [0.3, 0.4) is 0 Å². The third-order valence-corrected chi connectivity index (χ3v) is 3.68. The minimum Gasteiger partial charge on any atom is -0.322 e. The van der Waals surface area contributed by atoms with Gasteiger partial charge in [0.1, 0.15) is 4.60 Å². The molecule has 1 aromatic heterocycles. The van der Waals surface area contributed by atoms with E-state index in [0.29, 0.717) is 4.60 Å². The van der Waals surface area contributed by atoms with Crippen LogP contribution >= 0.6 is 31.9 Å². The average molecular weight is 424 g/mol. The lowest BCUT2D eigenvalue weighted by Gasteiger charge is -2.12. The molecule has 0 aliphatic rings. The molecule has 1 aromatic carbocycles. The summed E-state index contributed by atoms with van der Waals surface area (Å²) in [6, 6.07) is 6.56. The zero-order valence-corrected chi connectivity index (χ0v) is 13.4. The van der Waals surface area contributed by atoms with Gasteiger partial charge < -0.3 is 5.32 Å². The molecule has 0 bridgehead atoms. The minimum absolute atomic E-state index is 0.0541. The largest absolute Gasteiger partial charge is 0.417 e. The molecule has 2 aromatic rings. The molecule has 0 atom stereocenters. The standard InChI is InChI=1S/C13H7Br2F3N2O/c14-10-3-2-8(5-9(10)13(16,17)18)20-12(21)7-1-4-11(15)19-6-7/h1-6H,(H,20,21). The van der Waals surface area contributed by atoms with Crippen LogP contribution in [0.2, 0.25) is 0 Å². The molecule has 0 aliphatic carbocycles. The van der Waals surface area contributed by atoms with Crippen molar-refractivity contribution in [2.45, 2.75) is 6.18 Å². The third kappa shape index (κ3) is 4.04. The third-order valence-electron chi connectivity index (χ3n) is 2.52. The summed E-state index contributed by atoms with van der Waals surface area (Å²) in [6.07, 6.45) is -3.18. The van der Waals surface area contributed by atoms with E-state index >= 15 is 0 Å². The van der Waals surface area contributed by atoms with Gasteiger partial charge in [0.2, 0.25) is 0 Å². The predicted octanol–water partition coefficient (Wildman–Crippen LogP) is 4.88. The number of anilines is 1. The van der Waals surface area contributed by atoms with E-state index in [2.05, 4.69) is 42.2 Å².